The molecule has 2 aromatic rings. The van der Waals surface area contributed by atoms with Gasteiger partial charge in [-0.2, -0.15) is 0 Å². The quantitative estimate of drug-likeness (QED) is 0.879. The standard InChI is InChI=1S/C14H14BrNO3/c1-19-13(18)7-6-12(17)10-4-5-11(15)9-3-2-8-16-14(9)10/h2-5,8,12,17H,6-7H2,1H3. The van der Waals surface area contributed by atoms with Crippen LogP contribution in [0.2, 0.25) is 0 Å². The third-order valence-corrected chi connectivity index (χ3v) is 3.65. The van der Waals surface area contributed by atoms with E-state index in [4.69, 9.17) is 0 Å². The summed E-state index contributed by atoms with van der Waals surface area (Å²) in [4.78, 5) is 15.4. The monoisotopic (exact) mass is 323 g/mol. The number of fused-ring (bicyclic) bond motifs is 1. The molecule has 1 N–H and O–H groups in total. The summed E-state index contributed by atoms with van der Waals surface area (Å²) in [6, 6.07) is 7.47. The van der Waals surface area contributed by atoms with Gasteiger partial charge in [-0.3, -0.25) is 9.78 Å². The fraction of sp³-hybridized carbons (Fsp3) is 0.286. The van der Waals surface area contributed by atoms with Gasteiger partial charge in [-0.05, 0) is 18.6 Å². The summed E-state index contributed by atoms with van der Waals surface area (Å²) in [6.45, 7) is 0. The minimum Gasteiger partial charge on any atom is -0.469 e. The number of ether oxygens (including phenoxy) is 1. The largest absolute Gasteiger partial charge is 0.469 e. The Bertz CT molecular complexity index is 600. The Labute approximate surface area is 119 Å². The van der Waals surface area contributed by atoms with Crippen molar-refractivity contribution in [2.75, 3.05) is 7.11 Å². The number of pyridine rings is 1. The van der Waals surface area contributed by atoms with Crippen LogP contribution >= 0.6 is 15.9 Å². The van der Waals surface area contributed by atoms with Crippen LogP contribution < -0.4 is 0 Å². The van der Waals surface area contributed by atoms with Crippen LogP contribution in [0.3, 0.4) is 0 Å². The van der Waals surface area contributed by atoms with E-state index in [0.717, 1.165) is 20.9 Å². The number of carbonyl (C=O) groups excluding carboxylic acids is 1. The van der Waals surface area contributed by atoms with Crippen LogP contribution in [0.25, 0.3) is 10.9 Å². The number of aliphatic hydroxyl groups excluding tert-OH is 1. The van der Waals surface area contributed by atoms with Gasteiger partial charge in [0, 0.05) is 28.0 Å². The van der Waals surface area contributed by atoms with Crippen molar-refractivity contribution in [3.05, 3.63) is 40.5 Å². The zero-order chi connectivity index (χ0) is 13.8. The number of benzene rings is 1. The van der Waals surface area contributed by atoms with Gasteiger partial charge in [-0.15, -0.1) is 0 Å². The van der Waals surface area contributed by atoms with E-state index in [-0.39, 0.29) is 12.4 Å². The van der Waals surface area contributed by atoms with Gasteiger partial charge in [0.05, 0.1) is 18.7 Å². The van der Waals surface area contributed by atoms with Gasteiger partial charge in [0.15, 0.2) is 0 Å². The first-order valence-corrected chi connectivity index (χ1v) is 6.70. The van der Waals surface area contributed by atoms with Gasteiger partial charge >= 0.3 is 5.97 Å². The van der Waals surface area contributed by atoms with Gasteiger partial charge in [0.1, 0.15) is 0 Å². The van der Waals surface area contributed by atoms with Gasteiger partial charge < -0.3 is 9.84 Å². The summed E-state index contributed by atoms with van der Waals surface area (Å²) in [5.41, 5.74) is 1.47. The maximum Gasteiger partial charge on any atom is 0.305 e. The van der Waals surface area contributed by atoms with E-state index in [2.05, 4.69) is 25.7 Å². The zero-order valence-electron chi connectivity index (χ0n) is 10.5. The molecule has 1 unspecified atom stereocenters. The molecule has 19 heavy (non-hydrogen) atoms. The first-order valence-electron chi connectivity index (χ1n) is 5.91. The topological polar surface area (TPSA) is 59.4 Å². The van der Waals surface area contributed by atoms with Crippen molar-refractivity contribution >= 4 is 32.8 Å². The number of esters is 1. The Kier molecular flexibility index (Phi) is 4.50. The SMILES string of the molecule is COC(=O)CCC(O)c1ccc(Br)c2cccnc12. The molecule has 0 saturated carbocycles. The number of hydrogen-bond acceptors (Lipinski definition) is 4. The first-order chi connectivity index (χ1) is 9.13. The Balaban J connectivity index is 2.29. The first kappa shape index (κ1) is 14.0. The normalized spacial score (nSPS) is 12.4. The molecule has 0 amide bonds. The maximum atomic E-state index is 11.1. The molecule has 0 fully saturated rings. The van der Waals surface area contributed by atoms with E-state index in [9.17, 15) is 9.90 Å². The van der Waals surface area contributed by atoms with Gasteiger partial charge in [-0.25, -0.2) is 0 Å². The lowest BCUT2D eigenvalue weighted by Gasteiger charge is -2.13. The lowest BCUT2D eigenvalue weighted by atomic mass is 10.0. The Morgan fingerprint density at radius 2 is 2.26 bits per heavy atom. The minimum atomic E-state index is -0.732. The van der Waals surface area contributed by atoms with Crippen molar-refractivity contribution in [2.24, 2.45) is 0 Å². The lowest BCUT2D eigenvalue weighted by Crippen LogP contribution is -2.05. The van der Waals surface area contributed by atoms with Crippen LogP contribution in [-0.4, -0.2) is 23.2 Å². The number of methoxy groups -OCH3 is 1. The Morgan fingerprint density at radius 3 is 3.00 bits per heavy atom. The third kappa shape index (κ3) is 3.11. The summed E-state index contributed by atoms with van der Waals surface area (Å²) in [6.07, 6.45) is 1.46. The molecular formula is C14H14BrNO3. The maximum absolute atomic E-state index is 11.1. The molecule has 2 rings (SSSR count). The van der Waals surface area contributed by atoms with Gasteiger partial charge in [-0.1, -0.05) is 28.1 Å². The van der Waals surface area contributed by atoms with E-state index in [1.807, 2.05) is 24.3 Å². The van der Waals surface area contributed by atoms with Crippen LogP contribution in [0.4, 0.5) is 0 Å². The Hall–Kier alpha value is -1.46. The van der Waals surface area contributed by atoms with Gasteiger partial charge in [0.25, 0.3) is 0 Å². The molecule has 100 valence electrons. The summed E-state index contributed by atoms with van der Waals surface area (Å²) in [5, 5.41) is 11.1. The summed E-state index contributed by atoms with van der Waals surface area (Å²) < 4.78 is 5.50. The third-order valence-electron chi connectivity index (χ3n) is 2.96. The number of hydrogen-bond donors (Lipinski definition) is 1. The number of halogens is 1. The molecule has 0 bridgehead atoms. The molecule has 1 aromatic heterocycles. The minimum absolute atomic E-state index is 0.183. The zero-order valence-corrected chi connectivity index (χ0v) is 12.1. The number of rotatable bonds is 4. The van der Waals surface area contributed by atoms with Gasteiger partial charge in [0.2, 0.25) is 0 Å². The molecule has 5 heteroatoms. The molecule has 1 atom stereocenters. The van der Waals surface area contributed by atoms with Crippen LogP contribution in [-0.2, 0) is 9.53 Å². The second-order valence-electron chi connectivity index (χ2n) is 4.17. The molecule has 0 aliphatic carbocycles. The highest BCUT2D eigenvalue weighted by molar-refractivity contribution is 9.10. The van der Waals surface area contributed by atoms with Crippen LogP contribution in [0, 0.1) is 0 Å². The fourth-order valence-corrected chi connectivity index (χ4v) is 2.39. The van der Waals surface area contributed by atoms with E-state index in [1.54, 1.807) is 6.20 Å². The number of aromatic nitrogens is 1. The molecule has 0 spiro atoms. The number of carbonyl (C=O) groups is 1. The average molecular weight is 324 g/mol. The van der Waals surface area contributed by atoms with Crippen molar-refractivity contribution in [3.8, 4) is 0 Å². The van der Waals surface area contributed by atoms with E-state index in [0.29, 0.717) is 6.42 Å². The van der Waals surface area contributed by atoms with E-state index >= 15 is 0 Å². The molecule has 4 nitrogen and oxygen atoms in total. The van der Waals surface area contributed by atoms with Crippen LogP contribution in [0.15, 0.2) is 34.9 Å². The highest BCUT2D eigenvalue weighted by atomic mass is 79.9. The number of nitrogens with zero attached hydrogens (tertiary/aromatic N) is 1. The average Bonchev–Trinajstić information content (AvgIpc) is 2.45. The van der Waals surface area contributed by atoms with E-state index < -0.39 is 6.10 Å². The fourth-order valence-electron chi connectivity index (χ4n) is 1.94. The second-order valence-corrected chi connectivity index (χ2v) is 5.02. The molecular weight excluding hydrogens is 310 g/mol. The predicted octanol–water partition coefficient (Wildman–Crippen LogP) is 2.98. The van der Waals surface area contributed by atoms with Crippen molar-refractivity contribution in [3.63, 3.8) is 0 Å². The highest BCUT2D eigenvalue weighted by Gasteiger charge is 2.15. The molecule has 1 aromatic carbocycles. The summed E-state index contributed by atoms with van der Waals surface area (Å²) in [5.74, 6) is -0.326. The molecule has 0 aliphatic heterocycles. The summed E-state index contributed by atoms with van der Waals surface area (Å²) >= 11 is 3.46. The highest BCUT2D eigenvalue weighted by Crippen LogP contribution is 2.30. The smallest absolute Gasteiger partial charge is 0.305 e. The van der Waals surface area contributed by atoms with Crippen molar-refractivity contribution in [1.82, 2.24) is 4.98 Å². The predicted molar refractivity (Wildman–Crippen MR) is 75.7 cm³/mol. The molecule has 0 aliphatic rings. The van der Waals surface area contributed by atoms with Crippen LogP contribution in [0.5, 0.6) is 0 Å². The Morgan fingerprint density at radius 1 is 1.47 bits per heavy atom. The number of aliphatic hydroxyl groups is 1. The second kappa shape index (κ2) is 6.12. The van der Waals surface area contributed by atoms with Crippen molar-refractivity contribution in [1.29, 1.82) is 0 Å². The van der Waals surface area contributed by atoms with Crippen molar-refractivity contribution in [2.45, 2.75) is 18.9 Å². The molecule has 0 radical (unpaired) electrons. The molecule has 1 heterocycles. The van der Waals surface area contributed by atoms with Crippen molar-refractivity contribution < 1.29 is 14.6 Å². The van der Waals surface area contributed by atoms with E-state index in [1.165, 1.54) is 7.11 Å². The lowest BCUT2D eigenvalue weighted by molar-refractivity contribution is -0.141. The molecule has 0 saturated heterocycles. The summed E-state index contributed by atoms with van der Waals surface area (Å²) in [7, 11) is 1.34. The van der Waals surface area contributed by atoms with Crippen LogP contribution in [0.1, 0.15) is 24.5 Å².